The number of aliphatic hydroxyl groups is 1. The Balaban J connectivity index is 1.88. The van der Waals surface area contributed by atoms with Crippen molar-refractivity contribution < 1.29 is 29.2 Å². The van der Waals surface area contributed by atoms with Crippen molar-refractivity contribution in [2.45, 2.75) is 24.6 Å². The molecule has 136 valence electrons. The summed E-state index contributed by atoms with van der Waals surface area (Å²) in [6.45, 7) is 0. The number of rotatable bonds is 5. The molecular weight excluding hydrogens is 360 g/mol. The SMILES string of the molecule is Nc1ncnc2c1ncn2[C@@H]1O[C@H](/C=C/P(=O)(NO)NO)[C@@H](O)[C@@H]1F. The number of nitrogens with one attached hydrogen (secondary N) is 2. The minimum atomic E-state index is -3.84. The first-order valence-corrected chi connectivity index (χ1v) is 8.70. The molecule has 0 spiro atoms. The van der Waals surface area contributed by atoms with E-state index in [1.54, 1.807) is 0 Å². The van der Waals surface area contributed by atoms with E-state index in [1.807, 2.05) is 0 Å². The van der Waals surface area contributed by atoms with Crippen LogP contribution < -0.4 is 16.2 Å². The molecule has 3 heterocycles. The number of nitrogens with two attached hydrogens (primary N) is 1. The Hall–Kier alpha value is -1.99. The van der Waals surface area contributed by atoms with E-state index >= 15 is 0 Å². The minimum absolute atomic E-state index is 0.109. The standard InChI is InChI=1S/C11H15FN7O5P/c12-6-8(20)5(1-2-25(23,17-21)18-22)24-11(6)19-4-16-7-9(13)14-3-15-10(7)19/h1-6,8,11,20-22H,(H2,13,14,15)(H2,17,18,23)/b2-1+/t5-,6+,8-,11-/m1/s1. The monoisotopic (exact) mass is 375 g/mol. The lowest BCUT2D eigenvalue weighted by atomic mass is 10.1. The van der Waals surface area contributed by atoms with Crippen LogP contribution in [0.3, 0.4) is 0 Å². The summed E-state index contributed by atoms with van der Waals surface area (Å²) in [4.78, 5) is 11.7. The van der Waals surface area contributed by atoms with Gasteiger partial charge in [-0.05, 0) is 6.08 Å². The number of aliphatic hydroxyl groups excluding tert-OH is 1. The fourth-order valence-corrected chi connectivity index (χ4v) is 2.99. The Bertz CT molecular complexity index is 839. The maximum absolute atomic E-state index is 14.5. The zero-order chi connectivity index (χ0) is 18.2. The van der Waals surface area contributed by atoms with Gasteiger partial charge >= 0.3 is 0 Å². The van der Waals surface area contributed by atoms with Crippen LogP contribution >= 0.6 is 7.44 Å². The van der Waals surface area contributed by atoms with E-state index in [0.717, 1.165) is 11.9 Å². The third kappa shape index (κ3) is 3.14. The molecule has 0 bridgehead atoms. The average molecular weight is 375 g/mol. The van der Waals surface area contributed by atoms with Gasteiger partial charge in [-0.1, -0.05) is 0 Å². The molecule has 0 saturated carbocycles. The lowest BCUT2D eigenvalue weighted by Crippen LogP contribution is -2.27. The molecule has 1 aliphatic rings. The first-order chi connectivity index (χ1) is 11.9. The van der Waals surface area contributed by atoms with Crippen LogP contribution in [-0.4, -0.2) is 53.4 Å². The molecule has 14 heteroatoms. The largest absolute Gasteiger partial charge is 0.387 e. The maximum atomic E-state index is 14.5. The summed E-state index contributed by atoms with van der Waals surface area (Å²) < 4.78 is 32.9. The van der Waals surface area contributed by atoms with Crippen LogP contribution in [0.1, 0.15) is 6.23 Å². The summed E-state index contributed by atoms with van der Waals surface area (Å²) in [6, 6.07) is 0. The molecule has 2 aromatic rings. The van der Waals surface area contributed by atoms with Crippen LogP contribution in [0.4, 0.5) is 10.2 Å². The van der Waals surface area contributed by atoms with E-state index in [9.17, 15) is 14.1 Å². The van der Waals surface area contributed by atoms with Crippen molar-refractivity contribution in [3.63, 3.8) is 0 Å². The minimum Gasteiger partial charge on any atom is -0.387 e. The van der Waals surface area contributed by atoms with E-state index in [2.05, 4.69) is 15.0 Å². The van der Waals surface area contributed by atoms with Crippen molar-refractivity contribution >= 4 is 24.4 Å². The molecule has 7 N–H and O–H groups in total. The fraction of sp³-hybridized carbons (Fsp3) is 0.364. The second-order valence-corrected chi connectivity index (χ2v) is 7.22. The van der Waals surface area contributed by atoms with Crippen molar-refractivity contribution in [1.82, 2.24) is 30.0 Å². The maximum Gasteiger partial charge on any atom is 0.277 e. The summed E-state index contributed by atoms with van der Waals surface area (Å²) in [5, 5.41) is 30.2. The molecule has 4 atom stereocenters. The van der Waals surface area contributed by atoms with E-state index in [4.69, 9.17) is 20.9 Å². The third-order valence-corrected chi connectivity index (χ3v) is 4.86. The number of alkyl halides is 1. The Morgan fingerprint density at radius 3 is 2.76 bits per heavy atom. The zero-order valence-corrected chi connectivity index (χ0v) is 13.4. The molecule has 1 aliphatic heterocycles. The third-order valence-electron chi connectivity index (χ3n) is 3.68. The van der Waals surface area contributed by atoms with Crippen LogP contribution in [-0.2, 0) is 9.30 Å². The molecule has 2 aromatic heterocycles. The number of halogens is 1. The topological polar surface area (TPSA) is 181 Å². The van der Waals surface area contributed by atoms with E-state index in [0.29, 0.717) is 0 Å². The molecule has 0 amide bonds. The van der Waals surface area contributed by atoms with Crippen LogP contribution in [0.5, 0.6) is 0 Å². The van der Waals surface area contributed by atoms with Gasteiger partial charge in [0, 0.05) is 5.82 Å². The number of anilines is 1. The number of hydrogen-bond donors (Lipinski definition) is 6. The zero-order valence-electron chi connectivity index (χ0n) is 12.5. The lowest BCUT2D eigenvalue weighted by molar-refractivity contribution is -0.00166. The van der Waals surface area contributed by atoms with Crippen molar-refractivity contribution in [3.05, 3.63) is 24.5 Å². The van der Waals surface area contributed by atoms with Crippen molar-refractivity contribution in [3.8, 4) is 0 Å². The van der Waals surface area contributed by atoms with Crippen molar-refractivity contribution in [2.75, 3.05) is 5.73 Å². The molecule has 0 radical (unpaired) electrons. The summed E-state index contributed by atoms with van der Waals surface area (Å²) in [7, 11) is -3.84. The number of nitrogen functional groups attached to an aromatic ring is 1. The first kappa shape index (κ1) is 17.8. The van der Waals surface area contributed by atoms with Gasteiger partial charge in [0.05, 0.1) is 6.33 Å². The van der Waals surface area contributed by atoms with Crippen LogP contribution in [0, 0.1) is 0 Å². The van der Waals surface area contributed by atoms with Crippen molar-refractivity contribution in [2.24, 2.45) is 0 Å². The number of ether oxygens (including phenoxy) is 1. The number of imidazole rings is 1. The molecular formula is C11H15FN7O5P. The summed E-state index contributed by atoms with van der Waals surface area (Å²) >= 11 is 0. The Morgan fingerprint density at radius 1 is 1.36 bits per heavy atom. The van der Waals surface area contributed by atoms with Gasteiger partial charge in [-0.25, -0.2) is 19.3 Å². The van der Waals surface area contributed by atoms with Gasteiger partial charge in [-0.2, -0.15) is 0 Å². The second-order valence-electron chi connectivity index (χ2n) is 5.21. The highest BCUT2D eigenvalue weighted by molar-refractivity contribution is 7.62. The molecule has 0 aromatic carbocycles. The van der Waals surface area contributed by atoms with E-state index in [-0.39, 0.29) is 17.0 Å². The predicted octanol–water partition coefficient (Wildman–Crippen LogP) is -0.331. The normalized spacial score (nSPS) is 27.5. The Labute approximate surface area is 139 Å². The van der Waals surface area contributed by atoms with Crippen LogP contribution in [0.25, 0.3) is 11.2 Å². The first-order valence-electron chi connectivity index (χ1n) is 6.92. The number of aromatic nitrogens is 4. The fourth-order valence-electron chi connectivity index (χ4n) is 2.40. The highest BCUT2D eigenvalue weighted by Crippen LogP contribution is 2.39. The smallest absolute Gasteiger partial charge is 0.277 e. The molecule has 3 rings (SSSR count). The molecule has 25 heavy (non-hydrogen) atoms. The Morgan fingerprint density at radius 2 is 2.08 bits per heavy atom. The van der Waals surface area contributed by atoms with Gasteiger partial charge in [0.25, 0.3) is 7.44 Å². The Kier molecular flexibility index (Phi) is 4.79. The summed E-state index contributed by atoms with van der Waals surface area (Å²) in [6.07, 6.45) is -2.44. The van der Waals surface area contributed by atoms with E-state index < -0.39 is 32.1 Å². The average Bonchev–Trinajstić information content (AvgIpc) is 3.16. The van der Waals surface area contributed by atoms with Crippen molar-refractivity contribution in [1.29, 1.82) is 0 Å². The predicted molar refractivity (Wildman–Crippen MR) is 81.1 cm³/mol. The number of hydrogen-bond acceptors (Lipinski definition) is 9. The van der Waals surface area contributed by atoms with Gasteiger partial charge in [0.1, 0.15) is 24.1 Å². The van der Waals surface area contributed by atoms with Gasteiger partial charge in [-0.15, -0.1) is 10.5 Å². The lowest BCUT2D eigenvalue weighted by Gasteiger charge is -2.14. The molecule has 1 fully saturated rings. The molecule has 0 unspecified atom stereocenters. The molecule has 1 saturated heterocycles. The molecule has 12 nitrogen and oxygen atoms in total. The highest BCUT2D eigenvalue weighted by atomic mass is 31.2. The van der Waals surface area contributed by atoms with E-state index in [1.165, 1.54) is 27.7 Å². The number of nitrogens with zero attached hydrogens (tertiary/aromatic N) is 4. The summed E-state index contributed by atoms with van der Waals surface area (Å²) in [5.41, 5.74) is 6.14. The number of fused-ring (bicyclic) bond motifs is 1. The van der Waals surface area contributed by atoms with Gasteiger partial charge in [0.2, 0.25) is 0 Å². The quantitative estimate of drug-likeness (QED) is 0.297. The van der Waals surface area contributed by atoms with Gasteiger partial charge < -0.3 is 26.0 Å². The second kappa shape index (κ2) is 6.72. The molecule has 0 aliphatic carbocycles. The van der Waals surface area contributed by atoms with Gasteiger partial charge in [0.15, 0.2) is 23.9 Å². The summed E-state index contributed by atoms with van der Waals surface area (Å²) in [5.74, 6) is 0.945. The van der Waals surface area contributed by atoms with Crippen LogP contribution in [0.2, 0.25) is 0 Å². The van der Waals surface area contributed by atoms with Crippen LogP contribution in [0.15, 0.2) is 24.5 Å². The van der Waals surface area contributed by atoms with Gasteiger partial charge in [-0.3, -0.25) is 9.13 Å². The highest BCUT2D eigenvalue weighted by Gasteiger charge is 2.45.